The Hall–Kier alpha value is -1.67. The second-order valence-corrected chi connectivity index (χ2v) is 4.78. The smallest absolute Gasteiger partial charge is 0.0570 e. The predicted molar refractivity (Wildman–Crippen MR) is 75.4 cm³/mol. The summed E-state index contributed by atoms with van der Waals surface area (Å²) >= 11 is 0. The first-order chi connectivity index (χ1) is 8.66. The maximum Gasteiger partial charge on any atom is 0.0570 e. The van der Waals surface area contributed by atoms with E-state index in [4.69, 9.17) is 0 Å². The van der Waals surface area contributed by atoms with Crippen molar-refractivity contribution in [3.8, 4) is 0 Å². The summed E-state index contributed by atoms with van der Waals surface area (Å²) in [4.78, 5) is 4.38. The van der Waals surface area contributed by atoms with Crippen LogP contribution in [0.1, 0.15) is 42.8 Å². The third-order valence-corrected chi connectivity index (χ3v) is 3.17. The van der Waals surface area contributed by atoms with Gasteiger partial charge in [-0.25, -0.2) is 0 Å². The van der Waals surface area contributed by atoms with Gasteiger partial charge < -0.3 is 5.32 Å². The second kappa shape index (κ2) is 5.78. The van der Waals surface area contributed by atoms with Crippen molar-refractivity contribution in [2.45, 2.75) is 32.9 Å². The van der Waals surface area contributed by atoms with Crippen LogP contribution in [0.3, 0.4) is 0 Å². The van der Waals surface area contributed by atoms with Crippen molar-refractivity contribution in [1.29, 1.82) is 0 Å². The molecule has 0 saturated heterocycles. The fraction of sp³-hybridized carbons (Fsp3) is 0.312. The van der Waals surface area contributed by atoms with E-state index < -0.39 is 0 Å². The Morgan fingerprint density at radius 3 is 2.50 bits per heavy atom. The minimum atomic E-state index is 0.252. The first kappa shape index (κ1) is 12.8. The van der Waals surface area contributed by atoms with Crippen molar-refractivity contribution < 1.29 is 0 Å². The molecule has 0 aliphatic rings. The number of hydrogen-bond donors (Lipinski definition) is 1. The van der Waals surface area contributed by atoms with Crippen LogP contribution in [0.25, 0.3) is 0 Å². The summed E-state index contributed by atoms with van der Waals surface area (Å²) in [6.45, 7) is 6.46. The Balaban J connectivity index is 2.05. The summed E-state index contributed by atoms with van der Waals surface area (Å²) in [6.07, 6.45) is 1.84. The maximum atomic E-state index is 4.38. The molecule has 2 rings (SSSR count). The molecule has 18 heavy (non-hydrogen) atoms. The van der Waals surface area contributed by atoms with Crippen LogP contribution in [0.5, 0.6) is 0 Å². The zero-order chi connectivity index (χ0) is 13.0. The highest BCUT2D eigenvalue weighted by molar-refractivity contribution is 5.25. The van der Waals surface area contributed by atoms with Crippen LogP contribution < -0.4 is 5.32 Å². The Kier molecular flexibility index (Phi) is 4.11. The van der Waals surface area contributed by atoms with E-state index in [1.54, 1.807) is 0 Å². The van der Waals surface area contributed by atoms with E-state index in [0.29, 0.717) is 6.04 Å². The summed E-state index contributed by atoms with van der Waals surface area (Å²) in [7, 11) is 0. The molecule has 0 radical (unpaired) electrons. The van der Waals surface area contributed by atoms with Gasteiger partial charge >= 0.3 is 0 Å². The van der Waals surface area contributed by atoms with E-state index in [0.717, 1.165) is 5.69 Å². The molecule has 2 atom stereocenters. The Bertz CT molecular complexity index is 493. The molecule has 94 valence electrons. The van der Waals surface area contributed by atoms with Crippen molar-refractivity contribution >= 4 is 0 Å². The van der Waals surface area contributed by atoms with E-state index in [9.17, 15) is 0 Å². The van der Waals surface area contributed by atoms with E-state index in [1.165, 1.54) is 11.1 Å². The first-order valence-corrected chi connectivity index (χ1v) is 6.40. The van der Waals surface area contributed by atoms with Gasteiger partial charge in [0.25, 0.3) is 0 Å². The molecule has 0 amide bonds. The predicted octanol–water partition coefficient (Wildman–Crippen LogP) is 3.80. The van der Waals surface area contributed by atoms with Gasteiger partial charge in [-0.05, 0) is 38.5 Å². The Morgan fingerprint density at radius 2 is 1.83 bits per heavy atom. The Labute approximate surface area is 109 Å². The lowest BCUT2D eigenvalue weighted by Gasteiger charge is -2.20. The SMILES string of the molecule is Cc1cccc([C@@H](C)NC(C)c2ccccn2)c1. The fourth-order valence-corrected chi connectivity index (χ4v) is 2.13. The van der Waals surface area contributed by atoms with E-state index in [1.807, 2.05) is 18.3 Å². The van der Waals surface area contributed by atoms with Crippen LogP contribution in [0.15, 0.2) is 48.7 Å². The highest BCUT2D eigenvalue weighted by Gasteiger charge is 2.11. The summed E-state index contributed by atoms with van der Waals surface area (Å²) in [6, 6.07) is 15.2. The number of nitrogens with zero attached hydrogens (tertiary/aromatic N) is 1. The summed E-state index contributed by atoms with van der Waals surface area (Å²) < 4.78 is 0. The molecule has 1 heterocycles. The van der Waals surface area contributed by atoms with Crippen LogP contribution >= 0.6 is 0 Å². The number of hydrogen-bond acceptors (Lipinski definition) is 2. The summed E-state index contributed by atoms with van der Waals surface area (Å²) in [5.74, 6) is 0. The molecule has 0 bridgehead atoms. The normalized spacial score (nSPS) is 14.2. The lowest BCUT2D eigenvalue weighted by atomic mass is 10.0. The largest absolute Gasteiger partial charge is 0.302 e. The van der Waals surface area contributed by atoms with Crippen molar-refractivity contribution in [2.24, 2.45) is 0 Å². The standard InChI is InChI=1S/C16H20N2/c1-12-7-6-8-15(11-12)13(2)18-14(3)16-9-4-5-10-17-16/h4-11,13-14,18H,1-3H3/t13-,14?/m1/s1. The van der Waals surface area contributed by atoms with Gasteiger partial charge in [0.15, 0.2) is 0 Å². The van der Waals surface area contributed by atoms with E-state index in [2.05, 4.69) is 61.4 Å². The van der Waals surface area contributed by atoms with Crippen molar-refractivity contribution in [2.75, 3.05) is 0 Å². The number of benzene rings is 1. The van der Waals surface area contributed by atoms with Crippen molar-refractivity contribution in [3.05, 3.63) is 65.5 Å². The zero-order valence-corrected chi connectivity index (χ0v) is 11.2. The fourth-order valence-electron chi connectivity index (χ4n) is 2.13. The number of aryl methyl sites for hydroxylation is 1. The van der Waals surface area contributed by atoms with Crippen LogP contribution in [-0.4, -0.2) is 4.98 Å². The number of aromatic nitrogens is 1. The molecule has 1 aromatic heterocycles. The third kappa shape index (κ3) is 3.17. The van der Waals surface area contributed by atoms with Crippen molar-refractivity contribution in [3.63, 3.8) is 0 Å². The molecule has 0 saturated carbocycles. The van der Waals surface area contributed by atoms with Crippen LogP contribution in [0.4, 0.5) is 0 Å². The summed E-state index contributed by atoms with van der Waals surface area (Å²) in [5.41, 5.74) is 3.70. The van der Waals surface area contributed by atoms with Crippen LogP contribution in [0.2, 0.25) is 0 Å². The highest BCUT2D eigenvalue weighted by Crippen LogP contribution is 2.18. The lowest BCUT2D eigenvalue weighted by molar-refractivity contribution is 0.486. The van der Waals surface area contributed by atoms with Gasteiger partial charge in [0.1, 0.15) is 0 Å². The molecule has 0 fully saturated rings. The number of nitrogens with one attached hydrogen (secondary N) is 1. The average Bonchev–Trinajstić information content (AvgIpc) is 2.39. The monoisotopic (exact) mass is 240 g/mol. The molecule has 2 heteroatoms. The summed E-state index contributed by atoms with van der Waals surface area (Å²) in [5, 5.41) is 3.58. The first-order valence-electron chi connectivity index (χ1n) is 6.40. The quantitative estimate of drug-likeness (QED) is 0.879. The molecular weight excluding hydrogens is 220 g/mol. The molecule has 1 N–H and O–H groups in total. The van der Waals surface area contributed by atoms with Gasteiger partial charge in [0, 0.05) is 18.3 Å². The third-order valence-electron chi connectivity index (χ3n) is 3.17. The molecule has 1 unspecified atom stereocenters. The molecule has 0 spiro atoms. The van der Waals surface area contributed by atoms with Gasteiger partial charge in [-0.1, -0.05) is 35.9 Å². The molecule has 0 aliphatic carbocycles. The Morgan fingerprint density at radius 1 is 1.00 bits per heavy atom. The molecule has 1 aromatic carbocycles. The second-order valence-electron chi connectivity index (χ2n) is 4.78. The zero-order valence-electron chi connectivity index (χ0n) is 11.2. The van der Waals surface area contributed by atoms with Gasteiger partial charge in [0.2, 0.25) is 0 Å². The van der Waals surface area contributed by atoms with E-state index >= 15 is 0 Å². The number of pyridine rings is 1. The highest BCUT2D eigenvalue weighted by atomic mass is 15.0. The number of rotatable bonds is 4. The van der Waals surface area contributed by atoms with Crippen LogP contribution in [0, 0.1) is 6.92 Å². The minimum Gasteiger partial charge on any atom is -0.302 e. The molecule has 2 nitrogen and oxygen atoms in total. The van der Waals surface area contributed by atoms with Crippen LogP contribution in [-0.2, 0) is 0 Å². The van der Waals surface area contributed by atoms with Gasteiger partial charge in [-0.2, -0.15) is 0 Å². The average molecular weight is 240 g/mol. The molecule has 2 aromatic rings. The minimum absolute atomic E-state index is 0.252. The van der Waals surface area contributed by atoms with Gasteiger partial charge in [-0.15, -0.1) is 0 Å². The lowest BCUT2D eigenvalue weighted by Crippen LogP contribution is -2.23. The maximum absolute atomic E-state index is 4.38. The molecular formula is C16H20N2. The molecule has 0 aliphatic heterocycles. The topological polar surface area (TPSA) is 24.9 Å². The van der Waals surface area contributed by atoms with Crippen molar-refractivity contribution in [1.82, 2.24) is 10.3 Å². The van der Waals surface area contributed by atoms with Gasteiger partial charge in [-0.3, -0.25) is 4.98 Å². The van der Waals surface area contributed by atoms with Gasteiger partial charge in [0.05, 0.1) is 5.69 Å². The van der Waals surface area contributed by atoms with E-state index in [-0.39, 0.29) is 6.04 Å².